The quantitative estimate of drug-likeness (QED) is 0.696. The Labute approximate surface area is 85.5 Å². The van der Waals surface area contributed by atoms with Crippen LogP contribution >= 0.6 is 15.9 Å². The molecule has 0 aliphatic heterocycles. The maximum absolute atomic E-state index is 11.3. The van der Waals surface area contributed by atoms with Gasteiger partial charge < -0.3 is 4.98 Å². The summed E-state index contributed by atoms with van der Waals surface area (Å²) in [5.74, 6) is 0. The second kappa shape index (κ2) is 3.66. The van der Waals surface area contributed by atoms with Crippen LogP contribution in [0.5, 0.6) is 0 Å². The van der Waals surface area contributed by atoms with Crippen LogP contribution in [0.15, 0.2) is 15.5 Å². The lowest BCUT2D eigenvalue weighted by atomic mass is 10.1. The highest BCUT2D eigenvalue weighted by Gasteiger charge is 2.12. The van der Waals surface area contributed by atoms with Crippen molar-refractivity contribution in [3.05, 3.63) is 32.2 Å². The van der Waals surface area contributed by atoms with Gasteiger partial charge in [-0.1, -0.05) is 6.42 Å². The molecule has 1 aromatic rings. The van der Waals surface area contributed by atoms with Crippen molar-refractivity contribution >= 4 is 15.9 Å². The van der Waals surface area contributed by atoms with E-state index >= 15 is 0 Å². The molecule has 0 spiro atoms. The summed E-state index contributed by atoms with van der Waals surface area (Å²) in [5, 5.41) is 0. The lowest BCUT2D eigenvalue weighted by molar-refractivity contribution is 0.711. The van der Waals surface area contributed by atoms with E-state index in [4.69, 9.17) is 0 Å². The smallest absolute Gasteiger partial charge is 0.262 e. The number of aromatic amines is 1. The number of hydrogen-bond acceptors (Lipinski definition) is 1. The Balaban J connectivity index is 2.54. The van der Waals surface area contributed by atoms with Crippen LogP contribution in [0.25, 0.3) is 0 Å². The number of rotatable bonds is 0. The van der Waals surface area contributed by atoms with Crippen molar-refractivity contribution in [2.45, 2.75) is 32.1 Å². The maximum atomic E-state index is 11.3. The van der Waals surface area contributed by atoms with Crippen molar-refractivity contribution in [1.29, 1.82) is 0 Å². The number of fused-ring (bicyclic) bond motifs is 1. The molecule has 1 aromatic heterocycles. The first-order valence-electron chi connectivity index (χ1n) is 4.68. The van der Waals surface area contributed by atoms with E-state index in [1.165, 1.54) is 30.4 Å². The minimum atomic E-state index is 0.000602. The SMILES string of the molecule is O=c1[nH]cc2c(c1Br)CCCCC2. The van der Waals surface area contributed by atoms with Crippen LogP contribution in [0.4, 0.5) is 0 Å². The van der Waals surface area contributed by atoms with Gasteiger partial charge in [0.2, 0.25) is 0 Å². The van der Waals surface area contributed by atoms with Gasteiger partial charge in [0.15, 0.2) is 0 Å². The van der Waals surface area contributed by atoms with E-state index < -0.39 is 0 Å². The summed E-state index contributed by atoms with van der Waals surface area (Å²) in [6.07, 6.45) is 7.73. The second-order valence-electron chi connectivity index (χ2n) is 3.50. The highest BCUT2D eigenvalue weighted by molar-refractivity contribution is 9.10. The molecule has 2 nitrogen and oxygen atoms in total. The Hall–Kier alpha value is -0.570. The number of halogens is 1. The summed E-state index contributed by atoms with van der Waals surface area (Å²) in [5.41, 5.74) is 2.53. The fourth-order valence-corrected chi connectivity index (χ4v) is 2.44. The van der Waals surface area contributed by atoms with Gasteiger partial charge in [-0.05, 0) is 52.7 Å². The first-order valence-corrected chi connectivity index (χ1v) is 5.47. The molecule has 0 amide bonds. The predicted molar refractivity (Wildman–Crippen MR) is 56.0 cm³/mol. The van der Waals surface area contributed by atoms with Crippen LogP contribution in [0, 0.1) is 0 Å². The van der Waals surface area contributed by atoms with E-state index in [1.807, 2.05) is 6.20 Å². The fraction of sp³-hybridized carbons (Fsp3) is 0.500. The normalized spacial score (nSPS) is 16.4. The molecule has 13 heavy (non-hydrogen) atoms. The highest BCUT2D eigenvalue weighted by Crippen LogP contribution is 2.23. The lowest BCUT2D eigenvalue weighted by Gasteiger charge is -2.05. The second-order valence-corrected chi connectivity index (χ2v) is 4.29. The number of pyridine rings is 1. The Morgan fingerprint density at radius 2 is 2.00 bits per heavy atom. The van der Waals surface area contributed by atoms with Gasteiger partial charge in [-0.2, -0.15) is 0 Å². The van der Waals surface area contributed by atoms with Crippen molar-refractivity contribution in [2.24, 2.45) is 0 Å². The third-order valence-electron chi connectivity index (χ3n) is 2.60. The molecule has 0 bridgehead atoms. The molecule has 0 aromatic carbocycles. The Kier molecular flexibility index (Phi) is 2.54. The number of hydrogen-bond donors (Lipinski definition) is 1. The molecule has 0 atom stereocenters. The zero-order chi connectivity index (χ0) is 9.26. The van der Waals surface area contributed by atoms with Crippen molar-refractivity contribution in [3.63, 3.8) is 0 Å². The maximum Gasteiger partial charge on any atom is 0.262 e. The molecule has 1 aliphatic carbocycles. The van der Waals surface area contributed by atoms with Gasteiger partial charge in [0.05, 0.1) is 4.47 Å². The molecule has 1 N–H and O–H groups in total. The molecule has 0 saturated carbocycles. The summed E-state index contributed by atoms with van der Waals surface area (Å²) in [7, 11) is 0. The van der Waals surface area contributed by atoms with Gasteiger partial charge in [-0.25, -0.2) is 0 Å². The number of H-pyrrole nitrogens is 1. The molecular weight excluding hydrogens is 230 g/mol. The molecule has 0 saturated heterocycles. The standard InChI is InChI=1S/C10H12BrNO/c11-9-8-5-3-1-2-4-7(8)6-12-10(9)13/h6H,1-5H2,(H,12,13). The highest BCUT2D eigenvalue weighted by atomic mass is 79.9. The number of aromatic nitrogens is 1. The number of nitrogens with one attached hydrogen (secondary N) is 1. The third kappa shape index (κ3) is 1.70. The van der Waals surface area contributed by atoms with Crippen LogP contribution in [-0.4, -0.2) is 4.98 Å². The van der Waals surface area contributed by atoms with Gasteiger partial charge in [-0.3, -0.25) is 4.79 Å². The summed E-state index contributed by atoms with van der Waals surface area (Å²) in [6, 6.07) is 0. The summed E-state index contributed by atoms with van der Waals surface area (Å²) in [4.78, 5) is 14.1. The summed E-state index contributed by atoms with van der Waals surface area (Å²) < 4.78 is 0.742. The third-order valence-corrected chi connectivity index (χ3v) is 3.44. The first-order chi connectivity index (χ1) is 6.29. The van der Waals surface area contributed by atoms with Gasteiger partial charge in [0, 0.05) is 6.20 Å². The van der Waals surface area contributed by atoms with Crippen LogP contribution in [0.1, 0.15) is 30.4 Å². The van der Waals surface area contributed by atoms with E-state index in [9.17, 15) is 4.79 Å². The minimum absolute atomic E-state index is 0.000602. The predicted octanol–water partition coefficient (Wildman–Crippen LogP) is 2.41. The largest absolute Gasteiger partial charge is 0.328 e. The molecule has 3 heteroatoms. The monoisotopic (exact) mass is 241 g/mol. The van der Waals surface area contributed by atoms with Gasteiger partial charge in [0.1, 0.15) is 0 Å². The van der Waals surface area contributed by atoms with Gasteiger partial charge in [-0.15, -0.1) is 0 Å². The average molecular weight is 242 g/mol. The topological polar surface area (TPSA) is 32.9 Å². The molecule has 0 radical (unpaired) electrons. The van der Waals surface area contributed by atoms with Gasteiger partial charge >= 0.3 is 0 Å². The van der Waals surface area contributed by atoms with Crippen LogP contribution in [-0.2, 0) is 12.8 Å². The Bertz CT molecular complexity index is 370. The van der Waals surface area contributed by atoms with Crippen molar-refractivity contribution in [2.75, 3.05) is 0 Å². The van der Waals surface area contributed by atoms with Crippen LogP contribution < -0.4 is 5.56 Å². The van der Waals surface area contributed by atoms with Crippen molar-refractivity contribution in [1.82, 2.24) is 4.98 Å². The van der Waals surface area contributed by atoms with E-state index in [2.05, 4.69) is 20.9 Å². The van der Waals surface area contributed by atoms with Crippen LogP contribution in [0.3, 0.4) is 0 Å². The molecule has 1 aliphatic rings. The molecule has 1 heterocycles. The van der Waals surface area contributed by atoms with Crippen molar-refractivity contribution < 1.29 is 0 Å². The molecule has 70 valence electrons. The minimum Gasteiger partial charge on any atom is -0.328 e. The molecule has 0 unspecified atom stereocenters. The first kappa shape index (κ1) is 9.00. The van der Waals surface area contributed by atoms with E-state index in [0.29, 0.717) is 0 Å². The molecule has 0 fully saturated rings. The van der Waals surface area contributed by atoms with E-state index in [0.717, 1.165) is 17.3 Å². The van der Waals surface area contributed by atoms with E-state index in [1.54, 1.807) is 0 Å². The van der Waals surface area contributed by atoms with E-state index in [-0.39, 0.29) is 5.56 Å². The zero-order valence-electron chi connectivity index (χ0n) is 7.40. The Morgan fingerprint density at radius 3 is 2.85 bits per heavy atom. The Morgan fingerprint density at radius 1 is 1.23 bits per heavy atom. The summed E-state index contributed by atoms with van der Waals surface area (Å²) in [6.45, 7) is 0. The fourth-order valence-electron chi connectivity index (χ4n) is 1.87. The lowest BCUT2D eigenvalue weighted by Crippen LogP contribution is -2.10. The molecular formula is C10H12BrNO. The molecule has 2 rings (SSSR count). The number of aryl methyl sites for hydroxylation is 1. The summed E-state index contributed by atoms with van der Waals surface area (Å²) >= 11 is 3.36. The van der Waals surface area contributed by atoms with Crippen LogP contribution in [0.2, 0.25) is 0 Å². The zero-order valence-corrected chi connectivity index (χ0v) is 8.99. The van der Waals surface area contributed by atoms with Crippen molar-refractivity contribution in [3.8, 4) is 0 Å². The average Bonchev–Trinajstić information content (AvgIpc) is 2.36. The van der Waals surface area contributed by atoms with Gasteiger partial charge in [0.25, 0.3) is 5.56 Å².